The summed E-state index contributed by atoms with van der Waals surface area (Å²) in [5, 5.41) is 8.88. The summed E-state index contributed by atoms with van der Waals surface area (Å²) in [7, 11) is 0. The lowest BCUT2D eigenvalue weighted by atomic mass is 10.1. The lowest BCUT2D eigenvalue weighted by molar-refractivity contribution is 0.311. The van der Waals surface area contributed by atoms with Crippen LogP contribution in [0.4, 0.5) is 5.69 Å². The Morgan fingerprint density at radius 3 is 2.63 bits per heavy atom. The van der Waals surface area contributed by atoms with Crippen molar-refractivity contribution in [2.45, 2.75) is 12.8 Å². The highest BCUT2D eigenvalue weighted by molar-refractivity contribution is 5.56. The van der Waals surface area contributed by atoms with E-state index >= 15 is 0 Å². The summed E-state index contributed by atoms with van der Waals surface area (Å²) in [5.41, 5.74) is 7.90. The van der Waals surface area contributed by atoms with Gasteiger partial charge >= 0.3 is 0 Å². The monoisotopic (exact) mass is 252 g/mol. The normalized spacial score (nSPS) is 9.84. The zero-order valence-electron chi connectivity index (χ0n) is 10.7. The molecule has 0 spiro atoms. The van der Waals surface area contributed by atoms with E-state index in [0.717, 1.165) is 12.8 Å². The first-order valence-corrected chi connectivity index (χ1v) is 6.26. The predicted octanol–water partition coefficient (Wildman–Crippen LogP) is 3.15. The van der Waals surface area contributed by atoms with E-state index in [2.05, 4.69) is 12.1 Å². The number of hydrogen-bond donors (Lipinski definition) is 1. The number of rotatable bonds is 5. The Morgan fingerprint density at radius 1 is 1.11 bits per heavy atom. The van der Waals surface area contributed by atoms with E-state index < -0.39 is 0 Å². The first kappa shape index (κ1) is 13.0. The molecule has 0 unspecified atom stereocenters. The van der Waals surface area contributed by atoms with Crippen molar-refractivity contribution in [3.8, 4) is 11.8 Å². The van der Waals surface area contributed by atoms with Crippen LogP contribution in [0.5, 0.6) is 5.75 Å². The topological polar surface area (TPSA) is 59.0 Å². The number of ether oxygens (including phenoxy) is 1. The number of hydrogen-bond acceptors (Lipinski definition) is 3. The minimum atomic E-state index is 0.459. The number of benzene rings is 2. The molecule has 0 saturated heterocycles. The molecule has 0 fully saturated rings. The van der Waals surface area contributed by atoms with Gasteiger partial charge in [0, 0.05) is 5.69 Å². The molecule has 3 heteroatoms. The highest BCUT2D eigenvalue weighted by Gasteiger charge is 2.01. The third kappa shape index (κ3) is 3.75. The van der Waals surface area contributed by atoms with E-state index in [1.54, 1.807) is 18.2 Å². The van der Waals surface area contributed by atoms with E-state index in [-0.39, 0.29) is 0 Å². The van der Waals surface area contributed by atoms with E-state index in [1.165, 1.54) is 5.56 Å². The minimum absolute atomic E-state index is 0.459. The quantitative estimate of drug-likeness (QED) is 0.657. The molecule has 2 rings (SSSR count). The summed E-state index contributed by atoms with van der Waals surface area (Å²) >= 11 is 0. The molecule has 0 heterocycles. The standard InChI is InChI=1S/C16H16N2O/c17-12-14-11-15(8-9-16(14)18)19-10-4-7-13-5-2-1-3-6-13/h1-3,5-6,8-9,11H,4,7,10,18H2. The Bertz CT molecular complexity index is 573. The van der Waals surface area contributed by atoms with Crippen LogP contribution in [0.25, 0.3) is 0 Å². The molecule has 0 radical (unpaired) electrons. The van der Waals surface area contributed by atoms with Gasteiger partial charge in [0.25, 0.3) is 0 Å². The Hall–Kier alpha value is -2.47. The van der Waals surface area contributed by atoms with E-state index in [4.69, 9.17) is 15.7 Å². The van der Waals surface area contributed by atoms with Crippen LogP contribution >= 0.6 is 0 Å². The summed E-state index contributed by atoms with van der Waals surface area (Å²) in [5.74, 6) is 0.693. The highest BCUT2D eigenvalue weighted by Crippen LogP contribution is 2.19. The summed E-state index contributed by atoms with van der Waals surface area (Å²) in [6.45, 7) is 0.629. The molecule has 0 atom stereocenters. The average molecular weight is 252 g/mol. The van der Waals surface area contributed by atoms with Gasteiger partial charge in [0.05, 0.1) is 12.2 Å². The molecule has 96 valence electrons. The van der Waals surface area contributed by atoms with Crippen LogP contribution in [0.1, 0.15) is 17.5 Å². The summed E-state index contributed by atoms with van der Waals surface area (Å²) in [6.07, 6.45) is 1.93. The highest BCUT2D eigenvalue weighted by atomic mass is 16.5. The molecule has 0 aliphatic rings. The Morgan fingerprint density at radius 2 is 1.89 bits per heavy atom. The molecule has 0 bridgehead atoms. The first-order chi connectivity index (χ1) is 9.29. The second-order valence-corrected chi connectivity index (χ2v) is 4.30. The van der Waals surface area contributed by atoms with Crippen LogP contribution in [0.3, 0.4) is 0 Å². The third-order valence-electron chi connectivity index (χ3n) is 2.87. The van der Waals surface area contributed by atoms with E-state index in [0.29, 0.717) is 23.6 Å². The summed E-state index contributed by atoms with van der Waals surface area (Å²) < 4.78 is 5.62. The van der Waals surface area contributed by atoms with Gasteiger partial charge in [-0.1, -0.05) is 30.3 Å². The zero-order chi connectivity index (χ0) is 13.5. The fourth-order valence-corrected chi connectivity index (χ4v) is 1.83. The smallest absolute Gasteiger partial charge is 0.120 e. The summed E-state index contributed by atoms with van der Waals surface area (Å²) in [6, 6.07) is 17.5. The average Bonchev–Trinajstić information content (AvgIpc) is 2.46. The van der Waals surface area contributed by atoms with E-state index in [9.17, 15) is 0 Å². The minimum Gasteiger partial charge on any atom is -0.494 e. The predicted molar refractivity (Wildman–Crippen MR) is 75.8 cm³/mol. The first-order valence-electron chi connectivity index (χ1n) is 6.26. The van der Waals surface area contributed by atoms with Gasteiger partial charge in [-0.2, -0.15) is 5.26 Å². The number of nitrogens with zero attached hydrogens (tertiary/aromatic N) is 1. The van der Waals surface area contributed by atoms with Gasteiger partial charge in [-0.25, -0.2) is 0 Å². The fourth-order valence-electron chi connectivity index (χ4n) is 1.83. The van der Waals surface area contributed by atoms with Gasteiger partial charge in [-0.3, -0.25) is 0 Å². The molecule has 0 amide bonds. The third-order valence-corrected chi connectivity index (χ3v) is 2.87. The van der Waals surface area contributed by atoms with Gasteiger partial charge in [0.15, 0.2) is 0 Å². The molecule has 2 aromatic rings. The van der Waals surface area contributed by atoms with Crippen LogP contribution in [-0.4, -0.2) is 6.61 Å². The molecule has 19 heavy (non-hydrogen) atoms. The molecule has 0 aliphatic heterocycles. The maximum atomic E-state index is 8.88. The van der Waals surface area contributed by atoms with Crippen molar-refractivity contribution in [3.63, 3.8) is 0 Å². The molecular formula is C16H16N2O. The molecular weight excluding hydrogens is 236 g/mol. The number of anilines is 1. The lowest BCUT2D eigenvalue weighted by Crippen LogP contribution is -2.00. The van der Waals surface area contributed by atoms with Crippen LogP contribution in [0, 0.1) is 11.3 Å². The van der Waals surface area contributed by atoms with Crippen LogP contribution in [0.15, 0.2) is 48.5 Å². The Labute approximate surface area is 113 Å². The number of aryl methyl sites for hydroxylation is 1. The van der Waals surface area contributed by atoms with Crippen LogP contribution in [-0.2, 0) is 6.42 Å². The zero-order valence-corrected chi connectivity index (χ0v) is 10.7. The summed E-state index contributed by atoms with van der Waals surface area (Å²) in [4.78, 5) is 0. The molecule has 0 aromatic heterocycles. The van der Waals surface area contributed by atoms with Crippen molar-refractivity contribution in [2.75, 3.05) is 12.3 Å². The molecule has 0 aliphatic carbocycles. The maximum Gasteiger partial charge on any atom is 0.120 e. The number of nitriles is 1. The second-order valence-electron chi connectivity index (χ2n) is 4.30. The van der Waals surface area contributed by atoms with Crippen molar-refractivity contribution >= 4 is 5.69 Å². The van der Waals surface area contributed by atoms with Gasteiger partial charge in [0.1, 0.15) is 11.8 Å². The van der Waals surface area contributed by atoms with Crippen molar-refractivity contribution in [2.24, 2.45) is 0 Å². The van der Waals surface area contributed by atoms with Crippen LogP contribution < -0.4 is 10.5 Å². The van der Waals surface area contributed by atoms with Gasteiger partial charge in [-0.15, -0.1) is 0 Å². The Balaban J connectivity index is 1.82. The van der Waals surface area contributed by atoms with Crippen LogP contribution in [0.2, 0.25) is 0 Å². The largest absolute Gasteiger partial charge is 0.494 e. The maximum absolute atomic E-state index is 8.88. The second kappa shape index (κ2) is 6.46. The number of nitrogens with two attached hydrogens (primary N) is 1. The van der Waals surface area contributed by atoms with Gasteiger partial charge < -0.3 is 10.5 Å². The molecule has 2 N–H and O–H groups in total. The molecule has 3 nitrogen and oxygen atoms in total. The van der Waals surface area contributed by atoms with E-state index in [1.807, 2.05) is 24.3 Å². The number of nitrogen functional groups attached to an aromatic ring is 1. The Kier molecular flexibility index (Phi) is 4.41. The van der Waals surface area contributed by atoms with Gasteiger partial charge in [-0.05, 0) is 36.6 Å². The van der Waals surface area contributed by atoms with Crippen molar-refractivity contribution < 1.29 is 4.74 Å². The molecule has 2 aromatic carbocycles. The van der Waals surface area contributed by atoms with Gasteiger partial charge in [0.2, 0.25) is 0 Å². The van der Waals surface area contributed by atoms with Crippen molar-refractivity contribution in [3.05, 3.63) is 59.7 Å². The fraction of sp³-hybridized carbons (Fsp3) is 0.188. The lowest BCUT2D eigenvalue weighted by Gasteiger charge is -2.07. The van der Waals surface area contributed by atoms with Crippen molar-refractivity contribution in [1.82, 2.24) is 0 Å². The SMILES string of the molecule is N#Cc1cc(OCCCc2ccccc2)ccc1N. The van der Waals surface area contributed by atoms with Crippen molar-refractivity contribution in [1.29, 1.82) is 5.26 Å². The molecule has 0 saturated carbocycles.